The number of nitrogens with zero attached hydrogens (tertiary/aromatic N) is 5. The third kappa shape index (κ3) is 5.00. The highest BCUT2D eigenvalue weighted by atomic mass is 32.2. The third-order valence-electron chi connectivity index (χ3n) is 6.55. The Kier molecular flexibility index (Phi) is 6.91. The van der Waals surface area contributed by atoms with Crippen molar-refractivity contribution in [1.29, 1.82) is 0 Å². The van der Waals surface area contributed by atoms with Gasteiger partial charge in [0.05, 0.1) is 16.3 Å². The number of benzene rings is 2. The van der Waals surface area contributed by atoms with Gasteiger partial charge in [-0.1, -0.05) is 36.9 Å². The Morgan fingerprint density at radius 3 is 2.74 bits per heavy atom. The first-order valence-electron chi connectivity index (χ1n) is 12.0. The summed E-state index contributed by atoms with van der Waals surface area (Å²) in [6, 6.07) is 11.9. The molecule has 0 saturated carbocycles. The first-order chi connectivity index (χ1) is 18.3. The second-order valence-corrected chi connectivity index (χ2v) is 10.8. The fraction of sp³-hybridized carbons (Fsp3) is 0.231. The molecule has 2 aromatic heterocycles. The smallest absolute Gasteiger partial charge is 0.246 e. The normalized spacial score (nSPS) is 16.0. The largest absolute Gasteiger partial charge is 0.383 e. The minimum Gasteiger partial charge on any atom is -0.383 e. The first-order valence-corrected chi connectivity index (χ1v) is 13.5. The van der Waals surface area contributed by atoms with Gasteiger partial charge in [-0.2, -0.15) is 5.10 Å². The number of sulfonamides is 1. The van der Waals surface area contributed by atoms with Crippen LogP contribution in [0.1, 0.15) is 24.4 Å². The van der Waals surface area contributed by atoms with Crippen LogP contribution in [-0.2, 0) is 21.4 Å². The standard InChI is InChI=1S/C26H26FN7O3S/c1-2-22(35)33-12-4-6-20(15-33)34-26-23(25(28)29-16-30-26)24(32-34)18-10-8-17(9-11-18)14-31-38(36,37)21-7-3-5-19(27)13-21/h2-3,5,7-11,13,16,20,31H,1,4,6,12,14-15H2,(H2,28,29,30)/t20-/m1/s1. The quantitative estimate of drug-likeness (QED) is 0.347. The molecule has 1 fully saturated rings. The summed E-state index contributed by atoms with van der Waals surface area (Å²) in [6.45, 7) is 4.75. The van der Waals surface area contributed by atoms with Crippen LogP contribution in [0.4, 0.5) is 10.2 Å². The first kappa shape index (κ1) is 25.5. The monoisotopic (exact) mass is 535 g/mol. The molecule has 2 aromatic carbocycles. The van der Waals surface area contributed by atoms with Gasteiger partial charge in [0.1, 0.15) is 23.7 Å². The number of amides is 1. The van der Waals surface area contributed by atoms with E-state index in [0.29, 0.717) is 35.4 Å². The Hall–Kier alpha value is -4.16. The number of halogens is 1. The molecule has 1 saturated heterocycles. The van der Waals surface area contributed by atoms with Gasteiger partial charge in [-0.3, -0.25) is 4.79 Å². The molecule has 0 aliphatic carbocycles. The van der Waals surface area contributed by atoms with Gasteiger partial charge in [0.2, 0.25) is 15.9 Å². The number of hydrogen-bond donors (Lipinski definition) is 2. The van der Waals surface area contributed by atoms with Crippen LogP contribution in [0.15, 0.2) is 72.4 Å². The van der Waals surface area contributed by atoms with Gasteiger partial charge in [0.25, 0.3) is 0 Å². The highest BCUT2D eigenvalue weighted by Gasteiger charge is 2.28. The van der Waals surface area contributed by atoms with Gasteiger partial charge in [-0.05, 0) is 42.7 Å². The van der Waals surface area contributed by atoms with Crippen molar-refractivity contribution in [3.63, 3.8) is 0 Å². The maximum Gasteiger partial charge on any atom is 0.246 e. The number of piperidine rings is 1. The van der Waals surface area contributed by atoms with Gasteiger partial charge in [0.15, 0.2) is 5.65 Å². The molecular formula is C26H26FN7O3S. The van der Waals surface area contributed by atoms with Crippen LogP contribution in [0.3, 0.4) is 0 Å². The van der Waals surface area contributed by atoms with Crippen LogP contribution in [-0.4, -0.2) is 52.1 Å². The topological polar surface area (TPSA) is 136 Å². The molecule has 5 rings (SSSR count). The summed E-state index contributed by atoms with van der Waals surface area (Å²) in [6.07, 6.45) is 4.35. The predicted molar refractivity (Wildman–Crippen MR) is 141 cm³/mol. The van der Waals surface area contributed by atoms with Gasteiger partial charge in [0, 0.05) is 25.2 Å². The van der Waals surface area contributed by atoms with Gasteiger partial charge < -0.3 is 10.6 Å². The maximum absolute atomic E-state index is 13.5. The molecule has 1 aliphatic rings. The number of carbonyl (C=O) groups is 1. The molecule has 3 N–H and O–H groups in total. The van der Waals surface area contributed by atoms with Crippen molar-refractivity contribution in [2.45, 2.75) is 30.3 Å². The number of carbonyl (C=O) groups excluding carboxylic acids is 1. The van der Waals surface area contributed by atoms with E-state index < -0.39 is 15.8 Å². The van der Waals surface area contributed by atoms with Crippen LogP contribution >= 0.6 is 0 Å². The number of fused-ring (bicyclic) bond motifs is 1. The summed E-state index contributed by atoms with van der Waals surface area (Å²) < 4.78 is 42.8. The molecule has 0 spiro atoms. The van der Waals surface area contributed by atoms with E-state index in [9.17, 15) is 17.6 Å². The lowest BCUT2D eigenvalue weighted by molar-refractivity contribution is -0.127. The van der Waals surface area contributed by atoms with Crippen molar-refractivity contribution in [3.8, 4) is 11.3 Å². The molecule has 12 heteroatoms. The molecule has 3 heterocycles. The van der Waals surface area contributed by atoms with Crippen molar-refractivity contribution >= 4 is 32.8 Å². The summed E-state index contributed by atoms with van der Waals surface area (Å²) in [5, 5.41) is 5.46. The molecule has 0 unspecified atom stereocenters. The Labute approximate surface area is 219 Å². The average molecular weight is 536 g/mol. The van der Waals surface area contributed by atoms with Gasteiger partial charge in [-0.25, -0.2) is 32.2 Å². The third-order valence-corrected chi connectivity index (χ3v) is 7.95. The lowest BCUT2D eigenvalue weighted by Gasteiger charge is -2.32. The number of nitrogens with two attached hydrogens (primary N) is 1. The molecule has 1 atom stereocenters. The number of nitrogens with one attached hydrogen (secondary N) is 1. The molecule has 196 valence electrons. The van der Waals surface area contributed by atoms with E-state index in [1.165, 1.54) is 30.6 Å². The number of nitrogen functional groups attached to an aromatic ring is 1. The summed E-state index contributed by atoms with van der Waals surface area (Å²) in [5.41, 5.74) is 8.87. The van der Waals surface area contributed by atoms with Crippen LogP contribution in [0.2, 0.25) is 0 Å². The SMILES string of the molecule is C=CC(=O)N1CCC[C@@H](n2nc(-c3ccc(CNS(=O)(=O)c4cccc(F)c4)cc3)c3c(N)ncnc32)C1. The van der Waals surface area contributed by atoms with Crippen molar-refractivity contribution in [1.82, 2.24) is 29.4 Å². The molecular weight excluding hydrogens is 509 g/mol. The van der Waals surface area contributed by atoms with Crippen molar-refractivity contribution < 1.29 is 17.6 Å². The molecule has 0 radical (unpaired) electrons. The molecule has 4 aromatic rings. The fourth-order valence-corrected chi connectivity index (χ4v) is 5.66. The number of likely N-dealkylation sites (tertiary alicyclic amines) is 1. The van der Waals surface area contributed by atoms with E-state index in [-0.39, 0.29) is 29.2 Å². The highest BCUT2D eigenvalue weighted by Crippen LogP contribution is 2.34. The zero-order chi connectivity index (χ0) is 26.9. The highest BCUT2D eigenvalue weighted by molar-refractivity contribution is 7.89. The minimum absolute atomic E-state index is 0.0226. The zero-order valence-electron chi connectivity index (χ0n) is 20.4. The van der Waals surface area contributed by atoms with Crippen LogP contribution in [0.5, 0.6) is 0 Å². The van der Waals surface area contributed by atoms with Crippen molar-refractivity contribution in [2.75, 3.05) is 18.8 Å². The lowest BCUT2D eigenvalue weighted by Crippen LogP contribution is -2.40. The van der Waals surface area contributed by atoms with Gasteiger partial charge >= 0.3 is 0 Å². The average Bonchev–Trinajstić information content (AvgIpc) is 3.33. The molecule has 10 nitrogen and oxygen atoms in total. The Morgan fingerprint density at radius 1 is 1.21 bits per heavy atom. The van der Waals surface area contributed by atoms with Crippen LogP contribution in [0.25, 0.3) is 22.3 Å². The van der Waals surface area contributed by atoms with E-state index >= 15 is 0 Å². The van der Waals surface area contributed by atoms with E-state index in [4.69, 9.17) is 10.8 Å². The van der Waals surface area contributed by atoms with E-state index in [1.807, 2.05) is 16.8 Å². The number of aromatic nitrogens is 4. The Balaban J connectivity index is 1.41. The second kappa shape index (κ2) is 10.3. The molecule has 38 heavy (non-hydrogen) atoms. The number of rotatable bonds is 7. The Morgan fingerprint density at radius 2 is 2.00 bits per heavy atom. The van der Waals surface area contributed by atoms with Crippen LogP contribution < -0.4 is 10.5 Å². The second-order valence-electron chi connectivity index (χ2n) is 9.01. The Bertz CT molecular complexity index is 1620. The fourth-order valence-electron chi connectivity index (χ4n) is 4.61. The number of hydrogen-bond acceptors (Lipinski definition) is 7. The summed E-state index contributed by atoms with van der Waals surface area (Å²) in [5.74, 6) is -0.456. The molecule has 0 bridgehead atoms. The summed E-state index contributed by atoms with van der Waals surface area (Å²) in [7, 11) is -3.87. The van der Waals surface area contributed by atoms with Crippen molar-refractivity contribution in [3.05, 3.63) is 78.9 Å². The summed E-state index contributed by atoms with van der Waals surface area (Å²) >= 11 is 0. The number of anilines is 1. The predicted octanol–water partition coefficient (Wildman–Crippen LogP) is 3.04. The molecule has 1 amide bonds. The van der Waals surface area contributed by atoms with Crippen LogP contribution in [0, 0.1) is 5.82 Å². The van der Waals surface area contributed by atoms with E-state index in [2.05, 4.69) is 21.3 Å². The van der Waals surface area contributed by atoms with Gasteiger partial charge in [-0.15, -0.1) is 0 Å². The maximum atomic E-state index is 13.5. The molecule has 1 aliphatic heterocycles. The van der Waals surface area contributed by atoms with Crippen molar-refractivity contribution in [2.24, 2.45) is 0 Å². The van der Waals surface area contributed by atoms with E-state index in [1.54, 1.807) is 17.0 Å². The van der Waals surface area contributed by atoms with E-state index in [0.717, 1.165) is 24.5 Å². The summed E-state index contributed by atoms with van der Waals surface area (Å²) in [4.78, 5) is 22.4. The lowest BCUT2D eigenvalue weighted by atomic mass is 10.1. The zero-order valence-corrected chi connectivity index (χ0v) is 21.2. The minimum atomic E-state index is -3.87.